The second kappa shape index (κ2) is 12.4. The van der Waals surface area contributed by atoms with E-state index in [1.54, 1.807) is 31.2 Å². The standard InChI is InChI=1S/C26H26Cl2FN3O4S/c1-3-30-26(34)18(2)31(16-19-13-14-21(27)22(28)15-19)25(33)17-32(24-12-8-7-11-23(24)29)37(35,36)20-9-5-4-6-10-20/h4-15,18H,3,16-17H2,1-2H3,(H,30,34). The van der Waals surface area contributed by atoms with Gasteiger partial charge in [-0.05, 0) is 55.8 Å². The predicted molar refractivity (Wildman–Crippen MR) is 143 cm³/mol. The van der Waals surface area contributed by atoms with Gasteiger partial charge in [-0.2, -0.15) is 0 Å². The smallest absolute Gasteiger partial charge is 0.264 e. The Kier molecular flexibility index (Phi) is 9.53. The van der Waals surface area contributed by atoms with Crippen LogP contribution >= 0.6 is 23.2 Å². The summed E-state index contributed by atoms with van der Waals surface area (Å²) in [5, 5.41) is 3.25. The van der Waals surface area contributed by atoms with Crippen LogP contribution in [0.3, 0.4) is 0 Å². The molecule has 0 radical (unpaired) electrons. The van der Waals surface area contributed by atoms with Crippen molar-refractivity contribution in [3.05, 3.63) is 94.2 Å². The number of carbonyl (C=O) groups is 2. The molecule has 0 aromatic heterocycles. The Morgan fingerprint density at radius 2 is 1.62 bits per heavy atom. The normalized spacial score (nSPS) is 12.0. The second-order valence-corrected chi connectivity index (χ2v) is 10.8. The zero-order chi connectivity index (χ0) is 27.2. The largest absolute Gasteiger partial charge is 0.355 e. The van der Waals surface area contributed by atoms with E-state index in [1.807, 2.05) is 0 Å². The molecule has 0 aliphatic carbocycles. The van der Waals surface area contributed by atoms with Gasteiger partial charge in [-0.1, -0.05) is 59.6 Å². The molecule has 7 nitrogen and oxygen atoms in total. The molecule has 1 unspecified atom stereocenters. The number of anilines is 1. The monoisotopic (exact) mass is 565 g/mol. The number of nitrogens with zero attached hydrogens (tertiary/aromatic N) is 2. The molecule has 0 aliphatic rings. The molecule has 0 saturated carbocycles. The summed E-state index contributed by atoms with van der Waals surface area (Å²) in [7, 11) is -4.34. The fourth-order valence-electron chi connectivity index (χ4n) is 3.63. The summed E-state index contributed by atoms with van der Waals surface area (Å²) in [5.41, 5.74) is 0.280. The molecular formula is C26H26Cl2FN3O4S. The predicted octanol–water partition coefficient (Wildman–Crippen LogP) is 4.88. The molecule has 1 atom stereocenters. The van der Waals surface area contributed by atoms with Crippen molar-refractivity contribution in [1.82, 2.24) is 10.2 Å². The molecule has 0 spiro atoms. The van der Waals surface area contributed by atoms with E-state index < -0.39 is 40.2 Å². The van der Waals surface area contributed by atoms with Crippen LogP contribution in [0.1, 0.15) is 19.4 Å². The number of sulfonamides is 1. The summed E-state index contributed by atoms with van der Waals surface area (Å²) in [6.07, 6.45) is 0. The van der Waals surface area contributed by atoms with Crippen LogP contribution in [-0.4, -0.2) is 44.3 Å². The third-order valence-corrected chi connectivity index (χ3v) is 8.10. The van der Waals surface area contributed by atoms with Gasteiger partial charge in [0.25, 0.3) is 10.0 Å². The molecule has 2 amide bonds. The van der Waals surface area contributed by atoms with E-state index in [0.717, 1.165) is 6.07 Å². The number of rotatable bonds is 10. The molecule has 0 fully saturated rings. The highest BCUT2D eigenvalue weighted by atomic mass is 35.5. The number of halogens is 3. The Hall–Kier alpha value is -3.14. The molecule has 3 rings (SSSR count). The maximum Gasteiger partial charge on any atom is 0.264 e. The first-order valence-corrected chi connectivity index (χ1v) is 13.6. The number of para-hydroxylation sites is 1. The maximum atomic E-state index is 14.8. The summed E-state index contributed by atoms with van der Waals surface area (Å²) in [4.78, 5) is 27.5. The van der Waals surface area contributed by atoms with E-state index in [2.05, 4.69) is 5.32 Å². The van der Waals surface area contributed by atoms with Crippen molar-refractivity contribution in [2.75, 3.05) is 17.4 Å². The van der Waals surface area contributed by atoms with Crippen LogP contribution in [0.15, 0.2) is 77.7 Å². The highest BCUT2D eigenvalue weighted by Crippen LogP contribution is 2.27. The third-order valence-electron chi connectivity index (χ3n) is 5.59. The van der Waals surface area contributed by atoms with E-state index in [9.17, 15) is 22.4 Å². The van der Waals surface area contributed by atoms with Gasteiger partial charge in [-0.3, -0.25) is 13.9 Å². The zero-order valence-electron chi connectivity index (χ0n) is 20.2. The Morgan fingerprint density at radius 1 is 0.973 bits per heavy atom. The van der Waals surface area contributed by atoms with Crippen LogP contribution in [0.5, 0.6) is 0 Å². The minimum absolute atomic E-state index is 0.0650. The first-order valence-electron chi connectivity index (χ1n) is 11.4. The molecule has 3 aromatic carbocycles. The molecule has 3 aromatic rings. The Balaban J connectivity index is 2.04. The van der Waals surface area contributed by atoms with E-state index in [4.69, 9.17) is 23.2 Å². The lowest BCUT2D eigenvalue weighted by Gasteiger charge is -2.32. The van der Waals surface area contributed by atoms with Crippen molar-refractivity contribution < 1.29 is 22.4 Å². The molecule has 37 heavy (non-hydrogen) atoms. The minimum Gasteiger partial charge on any atom is -0.355 e. The van der Waals surface area contributed by atoms with E-state index in [1.165, 1.54) is 54.3 Å². The summed E-state index contributed by atoms with van der Waals surface area (Å²) in [6.45, 7) is 2.79. The quantitative estimate of drug-likeness (QED) is 0.379. The van der Waals surface area contributed by atoms with Gasteiger partial charge in [-0.15, -0.1) is 0 Å². The van der Waals surface area contributed by atoms with Gasteiger partial charge in [0.05, 0.1) is 20.6 Å². The number of amides is 2. The number of hydrogen-bond acceptors (Lipinski definition) is 4. The lowest BCUT2D eigenvalue weighted by atomic mass is 10.1. The summed E-state index contributed by atoms with van der Waals surface area (Å²) < 4.78 is 42.7. The lowest BCUT2D eigenvalue weighted by Crippen LogP contribution is -2.51. The first-order chi connectivity index (χ1) is 17.6. The molecule has 0 heterocycles. The average molecular weight is 566 g/mol. The number of hydrogen-bond donors (Lipinski definition) is 1. The molecular weight excluding hydrogens is 540 g/mol. The lowest BCUT2D eigenvalue weighted by molar-refractivity contribution is -0.139. The minimum atomic E-state index is -4.34. The highest BCUT2D eigenvalue weighted by molar-refractivity contribution is 7.92. The van der Waals surface area contributed by atoms with Crippen molar-refractivity contribution in [2.24, 2.45) is 0 Å². The summed E-state index contributed by atoms with van der Waals surface area (Å²) in [5.74, 6) is -1.96. The Morgan fingerprint density at radius 3 is 2.24 bits per heavy atom. The van der Waals surface area contributed by atoms with E-state index >= 15 is 0 Å². The van der Waals surface area contributed by atoms with Crippen molar-refractivity contribution in [3.63, 3.8) is 0 Å². The average Bonchev–Trinajstić information content (AvgIpc) is 2.88. The van der Waals surface area contributed by atoms with E-state index in [0.29, 0.717) is 21.4 Å². The number of carbonyl (C=O) groups excluding carboxylic acids is 2. The molecule has 0 aliphatic heterocycles. The van der Waals surface area contributed by atoms with E-state index in [-0.39, 0.29) is 22.2 Å². The number of nitrogens with one attached hydrogen (secondary N) is 1. The summed E-state index contributed by atoms with van der Waals surface area (Å²) in [6, 6.07) is 16.5. The van der Waals surface area contributed by atoms with Crippen molar-refractivity contribution >= 4 is 50.7 Å². The van der Waals surface area contributed by atoms with Gasteiger partial charge >= 0.3 is 0 Å². The van der Waals surface area contributed by atoms with Crippen LogP contribution < -0.4 is 9.62 Å². The Labute approximate surface area is 225 Å². The second-order valence-electron chi connectivity index (χ2n) is 8.12. The molecule has 11 heteroatoms. The van der Waals surface area contributed by atoms with Crippen LogP contribution in [0.2, 0.25) is 10.0 Å². The molecule has 196 valence electrons. The molecule has 0 bridgehead atoms. The first kappa shape index (κ1) is 28.4. The highest BCUT2D eigenvalue weighted by Gasteiger charge is 2.33. The van der Waals surface area contributed by atoms with Crippen molar-refractivity contribution in [2.45, 2.75) is 31.3 Å². The van der Waals surface area contributed by atoms with Gasteiger partial charge in [0.2, 0.25) is 11.8 Å². The Bertz CT molecular complexity index is 1370. The SMILES string of the molecule is CCNC(=O)C(C)N(Cc1ccc(Cl)c(Cl)c1)C(=O)CN(c1ccccc1F)S(=O)(=O)c1ccccc1. The van der Waals surface area contributed by atoms with Gasteiger partial charge < -0.3 is 10.2 Å². The van der Waals surface area contributed by atoms with Gasteiger partial charge in [-0.25, -0.2) is 12.8 Å². The van der Waals surface area contributed by atoms with Gasteiger partial charge in [0.1, 0.15) is 18.4 Å². The van der Waals surface area contributed by atoms with Crippen LogP contribution in [0.25, 0.3) is 0 Å². The fourth-order valence-corrected chi connectivity index (χ4v) is 5.39. The zero-order valence-corrected chi connectivity index (χ0v) is 22.5. The summed E-state index contributed by atoms with van der Waals surface area (Å²) >= 11 is 12.1. The number of benzene rings is 3. The maximum absolute atomic E-state index is 14.8. The molecule has 1 N–H and O–H groups in total. The third kappa shape index (κ3) is 6.80. The molecule has 0 saturated heterocycles. The number of likely N-dealkylation sites (N-methyl/N-ethyl adjacent to an activating group) is 1. The van der Waals surface area contributed by atoms with Crippen molar-refractivity contribution in [3.8, 4) is 0 Å². The van der Waals surface area contributed by atoms with Crippen molar-refractivity contribution in [1.29, 1.82) is 0 Å². The van der Waals surface area contributed by atoms with Crippen LogP contribution in [0, 0.1) is 5.82 Å². The fraction of sp³-hybridized carbons (Fsp3) is 0.231. The van der Waals surface area contributed by atoms with Gasteiger partial charge in [0.15, 0.2) is 0 Å². The van der Waals surface area contributed by atoms with Crippen LogP contribution in [0.4, 0.5) is 10.1 Å². The van der Waals surface area contributed by atoms with Crippen LogP contribution in [-0.2, 0) is 26.2 Å². The topological polar surface area (TPSA) is 86.8 Å². The van der Waals surface area contributed by atoms with Gasteiger partial charge in [0, 0.05) is 13.1 Å².